The third kappa shape index (κ3) is 7.40. The van der Waals surface area contributed by atoms with Crippen LogP contribution in [0.3, 0.4) is 0 Å². The van der Waals surface area contributed by atoms with Crippen LogP contribution in [0.1, 0.15) is 126 Å². The molecule has 0 bridgehead atoms. The van der Waals surface area contributed by atoms with Crippen molar-refractivity contribution in [1.82, 2.24) is 19.1 Å². The van der Waals surface area contributed by atoms with Crippen LogP contribution in [-0.2, 0) is 12.8 Å². The van der Waals surface area contributed by atoms with Crippen molar-refractivity contribution in [1.29, 1.82) is 0 Å². The lowest BCUT2D eigenvalue weighted by atomic mass is 9.92. The minimum atomic E-state index is 0.405. The average molecular weight is 663 g/mol. The van der Waals surface area contributed by atoms with Crippen molar-refractivity contribution in [2.24, 2.45) is 0 Å². The summed E-state index contributed by atoms with van der Waals surface area (Å²) in [7, 11) is 0. The van der Waals surface area contributed by atoms with Gasteiger partial charge in [0, 0.05) is 23.5 Å². The molecule has 0 aliphatic rings. The standard InChI is InChI=1S/C46H54N4/c1-31(2)39-25-17-26-40(32(3)4)43(39)49-29-37(47-45(49)35-19-11-9-12-20-35)23-15-16-24-38-30-50(46(48-38)36-21-13-10-14-22-36)44-41(33(5)6)27-18-28-42(44)34(7)8/h9-14,17-22,25-34H,15-16,23-24H2,1-8H3. The number of aryl methyl sites for hydroxylation is 2. The van der Waals surface area contributed by atoms with Gasteiger partial charge in [-0.25, -0.2) is 9.97 Å². The molecule has 4 nitrogen and oxygen atoms in total. The van der Waals surface area contributed by atoms with Crippen molar-refractivity contribution in [2.45, 2.75) is 105 Å². The second-order valence-electron chi connectivity index (χ2n) is 15.0. The molecule has 0 fully saturated rings. The van der Waals surface area contributed by atoms with Crippen LogP contribution >= 0.6 is 0 Å². The van der Waals surface area contributed by atoms with Gasteiger partial charge in [0.05, 0.1) is 22.8 Å². The van der Waals surface area contributed by atoms with Gasteiger partial charge < -0.3 is 0 Å². The largest absolute Gasteiger partial charge is 0.299 e. The zero-order valence-electron chi connectivity index (χ0n) is 31.3. The molecule has 0 aliphatic carbocycles. The Balaban J connectivity index is 1.30. The van der Waals surface area contributed by atoms with Gasteiger partial charge in [-0.1, -0.05) is 152 Å². The van der Waals surface area contributed by atoms with Crippen LogP contribution in [0.2, 0.25) is 0 Å². The monoisotopic (exact) mass is 662 g/mol. The first-order valence-electron chi connectivity index (χ1n) is 18.7. The Hall–Kier alpha value is -4.70. The van der Waals surface area contributed by atoms with E-state index in [0.29, 0.717) is 23.7 Å². The summed E-state index contributed by atoms with van der Waals surface area (Å²) in [5.74, 6) is 3.66. The number of unbranched alkanes of at least 4 members (excludes halogenated alkanes) is 1. The van der Waals surface area contributed by atoms with E-state index >= 15 is 0 Å². The topological polar surface area (TPSA) is 35.6 Å². The van der Waals surface area contributed by atoms with E-state index in [4.69, 9.17) is 9.97 Å². The minimum Gasteiger partial charge on any atom is -0.299 e. The lowest BCUT2D eigenvalue weighted by molar-refractivity contribution is 0.716. The SMILES string of the molecule is CC(C)c1cccc(C(C)C)c1-n1cc(CCCCc2cn(-c3c(C(C)C)cccc3C(C)C)c(-c3ccccc3)n2)nc1-c1ccccc1. The van der Waals surface area contributed by atoms with Crippen LogP contribution in [0.15, 0.2) is 109 Å². The fraction of sp³-hybridized carbons (Fsp3) is 0.348. The molecule has 0 amide bonds. The van der Waals surface area contributed by atoms with E-state index in [2.05, 4.69) is 174 Å². The first-order valence-corrected chi connectivity index (χ1v) is 18.7. The van der Waals surface area contributed by atoms with Crippen molar-refractivity contribution in [2.75, 3.05) is 0 Å². The first-order chi connectivity index (χ1) is 24.1. The van der Waals surface area contributed by atoms with Gasteiger partial charge in [-0.2, -0.15) is 0 Å². The zero-order chi connectivity index (χ0) is 35.4. The Morgan fingerprint density at radius 3 is 1.04 bits per heavy atom. The molecule has 0 N–H and O–H groups in total. The van der Waals surface area contributed by atoms with Gasteiger partial charge in [0.1, 0.15) is 11.6 Å². The highest BCUT2D eigenvalue weighted by Crippen LogP contribution is 2.36. The van der Waals surface area contributed by atoms with Gasteiger partial charge in [0.15, 0.2) is 0 Å². The highest BCUT2D eigenvalue weighted by atomic mass is 15.1. The van der Waals surface area contributed by atoms with Crippen molar-refractivity contribution in [3.05, 3.63) is 143 Å². The van der Waals surface area contributed by atoms with Gasteiger partial charge in [0.25, 0.3) is 0 Å². The summed E-state index contributed by atoms with van der Waals surface area (Å²) in [6.07, 6.45) is 8.53. The number of hydrogen-bond donors (Lipinski definition) is 0. The molecule has 0 aliphatic heterocycles. The zero-order valence-corrected chi connectivity index (χ0v) is 31.3. The van der Waals surface area contributed by atoms with Crippen LogP contribution < -0.4 is 0 Å². The van der Waals surface area contributed by atoms with Crippen LogP contribution in [-0.4, -0.2) is 19.1 Å². The highest BCUT2D eigenvalue weighted by molar-refractivity contribution is 5.64. The Morgan fingerprint density at radius 2 is 0.740 bits per heavy atom. The van der Waals surface area contributed by atoms with E-state index in [9.17, 15) is 0 Å². The van der Waals surface area contributed by atoms with Crippen LogP contribution in [0.5, 0.6) is 0 Å². The molecular formula is C46H54N4. The quantitative estimate of drug-likeness (QED) is 0.115. The Bertz CT molecular complexity index is 1810. The van der Waals surface area contributed by atoms with Gasteiger partial charge >= 0.3 is 0 Å². The lowest BCUT2D eigenvalue weighted by Gasteiger charge is -2.21. The van der Waals surface area contributed by atoms with E-state index in [1.165, 1.54) is 33.6 Å². The van der Waals surface area contributed by atoms with E-state index in [0.717, 1.165) is 59.8 Å². The van der Waals surface area contributed by atoms with Gasteiger partial charge in [-0.3, -0.25) is 9.13 Å². The number of rotatable bonds is 13. The summed E-state index contributed by atoms with van der Waals surface area (Å²) in [4.78, 5) is 10.6. The molecule has 0 saturated heterocycles. The second kappa shape index (κ2) is 15.5. The number of hydrogen-bond acceptors (Lipinski definition) is 2. The molecule has 2 aromatic heterocycles. The number of benzene rings is 4. The average Bonchev–Trinajstić information content (AvgIpc) is 3.75. The molecule has 0 unspecified atom stereocenters. The second-order valence-corrected chi connectivity index (χ2v) is 15.0. The summed E-state index contributed by atoms with van der Waals surface area (Å²) in [6.45, 7) is 18.3. The summed E-state index contributed by atoms with van der Waals surface area (Å²) < 4.78 is 4.75. The van der Waals surface area contributed by atoms with Crippen molar-refractivity contribution in [3.8, 4) is 34.2 Å². The molecule has 4 aromatic carbocycles. The summed E-state index contributed by atoms with van der Waals surface area (Å²) >= 11 is 0. The van der Waals surface area contributed by atoms with Gasteiger partial charge in [-0.05, 0) is 71.6 Å². The predicted molar refractivity (Wildman–Crippen MR) is 211 cm³/mol. The van der Waals surface area contributed by atoms with Crippen molar-refractivity contribution < 1.29 is 0 Å². The maximum absolute atomic E-state index is 5.30. The number of aromatic nitrogens is 4. The lowest BCUT2D eigenvalue weighted by Crippen LogP contribution is -2.07. The third-order valence-electron chi connectivity index (χ3n) is 9.86. The van der Waals surface area contributed by atoms with E-state index in [1.807, 2.05) is 0 Å². The summed E-state index contributed by atoms with van der Waals surface area (Å²) in [5, 5.41) is 0. The molecule has 0 radical (unpaired) electrons. The molecular weight excluding hydrogens is 609 g/mol. The number of imidazole rings is 2. The smallest absolute Gasteiger partial charge is 0.144 e. The normalized spacial score (nSPS) is 11.8. The molecule has 0 spiro atoms. The molecule has 4 heteroatoms. The van der Waals surface area contributed by atoms with E-state index in [-0.39, 0.29) is 0 Å². The van der Waals surface area contributed by atoms with Crippen molar-refractivity contribution in [3.63, 3.8) is 0 Å². The predicted octanol–water partition coefficient (Wildman–Crippen LogP) is 12.5. The van der Waals surface area contributed by atoms with E-state index < -0.39 is 0 Å². The Morgan fingerprint density at radius 1 is 0.420 bits per heavy atom. The Labute approximate surface area is 300 Å². The number of nitrogens with zero attached hydrogens (tertiary/aromatic N) is 4. The Kier molecular flexibility index (Phi) is 10.9. The third-order valence-corrected chi connectivity index (χ3v) is 9.86. The molecule has 50 heavy (non-hydrogen) atoms. The van der Waals surface area contributed by atoms with Crippen molar-refractivity contribution >= 4 is 0 Å². The number of para-hydroxylation sites is 2. The highest BCUT2D eigenvalue weighted by Gasteiger charge is 2.22. The van der Waals surface area contributed by atoms with Gasteiger partial charge in [0.2, 0.25) is 0 Å². The van der Waals surface area contributed by atoms with Crippen LogP contribution in [0.25, 0.3) is 34.2 Å². The molecule has 2 heterocycles. The summed E-state index contributed by atoms with van der Waals surface area (Å²) in [6, 6.07) is 34.9. The molecule has 0 saturated carbocycles. The maximum Gasteiger partial charge on any atom is 0.144 e. The van der Waals surface area contributed by atoms with Crippen LogP contribution in [0, 0.1) is 0 Å². The fourth-order valence-electron chi connectivity index (χ4n) is 7.21. The minimum absolute atomic E-state index is 0.405. The van der Waals surface area contributed by atoms with Crippen LogP contribution in [0.4, 0.5) is 0 Å². The molecule has 6 rings (SSSR count). The molecule has 0 atom stereocenters. The van der Waals surface area contributed by atoms with E-state index in [1.54, 1.807) is 0 Å². The fourth-order valence-corrected chi connectivity index (χ4v) is 7.21. The summed E-state index contributed by atoms with van der Waals surface area (Å²) in [5.41, 5.74) is 12.6. The maximum atomic E-state index is 5.30. The molecule has 258 valence electrons. The molecule has 6 aromatic rings. The van der Waals surface area contributed by atoms with Gasteiger partial charge in [-0.15, -0.1) is 0 Å². The first kappa shape index (κ1) is 35.1.